The van der Waals surface area contributed by atoms with E-state index in [0.717, 1.165) is 48.1 Å². The molecule has 2 aromatic heterocycles. The fourth-order valence-corrected chi connectivity index (χ4v) is 3.42. The Morgan fingerprint density at radius 1 is 1.15 bits per heavy atom. The van der Waals surface area contributed by atoms with E-state index in [9.17, 15) is 4.79 Å². The SMILES string of the molecule is CC1CCN(C(=O)c2cccc(COc3cccc4cnccc34)n2)CC1. The Kier molecular flexibility index (Phi) is 5.01. The highest BCUT2D eigenvalue weighted by molar-refractivity contribution is 5.92. The van der Waals surface area contributed by atoms with Gasteiger partial charge in [0.2, 0.25) is 0 Å². The number of likely N-dealkylation sites (tertiary alicyclic amines) is 1. The van der Waals surface area contributed by atoms with Gasteiger partial charge in [-0.1, -0.05) is 25.1 Å². The molecule has 138 valence electrons. The van der Waals surface area contributed by atoms with Crippen molar-refractivity contribution in [1.29, 1.82) is 0 Å². The molecular weight excluding hydrogens is 338 g/mol. The number of hydrogen-bond acceptors (Lipinski definition) is 4. The van der Waals surface area contributed by atoms with E-state index in [1.165, 1.54) is 0 Å². The maximum absolute atomic E-state index is 12.7. The summed E-state index contributed by atoms with van der Waals surface area (Å²) >= 11 is 0. The van der Waals surface area contributed by atoms with Crippen LogP contribution in [0, 0.1) is 5.92 Å². The number of carbonyl (C=O) groups excluding carboxylic acids is 1. The standard InChI is InChI=1S/C22H23N3O2/c1-16-9-12-25(13-10-16)22(26)20-6-3-5-18(24-20)15-27-21-7-2-4-17-14-23-11-8-19(17)21/h2-8,11,14,16H,9-10,12-13,15H2,1H3. The Balaban J connectivity index is 1.47. The van der Waals surface area contributed by atoms with Crippen molar-refractivity contribution < 1.29 is 9.53 Å². The van der Waals surface area contributed by atoms with E-state index in [-0.39, 0.29) is 5.91 Å². The molecule has 1 aliphatic heterocycles. The van der Waals surface area contributed by atoms with Crippen molar-refractivity contribution in [2.45, 2.75) is 26.4 Å². The van der Waals surface area contributed by atoms with Crippen LogP contribution in [0.1, 0.15) is 35.9 Å². The zero-order valence-corrected chi connectivity index (χ0v) is 15.5. The van der Waals surface area contributed by atoms with Crippen molar-refractivity contribution in [2.24, 2.45) is 5.92 Å². The first-order chi connectivity index (χ1) is 13.2. The molecule has 0 saturated carbocycles. The van der Waals surface area contributed by atoms with Crippen molar-refractivity contribution in [3.05, 3.63) is 66.2 Å². The molecule has 4 rings (SSSR count). The minimum Gasteiger partial charge on any atom is -0.487 e. The van der Waals surface area contributed by atoms with Crippen LogP contribution in [0.15, 0.2) is 54.9 Å². The zero-order chi connectivity index (χ0) is 18.6. The summed E-state index contributed by atoms with van der Waals surface area (Å²) < 4.78 is 5.98. The average molecular weight is 361 g/mol. The Bertz CT molecular complexity index is 944. The van der Waals surface area contributed by atoms with Crippen LogP contribution in [0.5, 0.6) is 5.75 Å². The molecule has 27 heavy (non-hydrogen) atoms. The predicted octanol–water partition coefficient (Wildman–Crippen LogP) is 4.08. The predicted molar refractivity (Wildman–Crippen MR) is 105 cm³/mol. The summed E-state index contributed by atoms with van der Waals surface area (Å²) in [7, 11) is 0. The van der Waals surface area contributed by atoms with Gasteiger partial charge in [-0.3, -0.25) is 9.78 Å². The maximum atomic E-state index is 12.7. The summed E-state index contributed by atoms with van der Waals surface area (Å²) in [5.41, 5.74) is 1.24. The van der Waals surface area contributed by atoms with Crippen LogP contribution in [-0.4, -0.2) is 33.9 Å². The molecule has 3 heterocycles. The normalized spacial score (nSPS) is 15.1. The van der Waals surface area contributed by atoms with E-state index in [1.807, 2.05) is 47.5 Å². The van der Waals surface area contributed by atoms with Gasteiger partial charge in [-0.2, -0.15) is 0 Å². The summed E-state index contributed by atoms with van der Waals surface area (Å²) in [5.74, 6) is 1.50. The number of pyridine rings is 2. The molecular formula is C22H23N3O2. The van der Waals surface area contributed by atoms with Crippen molar-refractivity contribution in [3.63, 3.8) is 0 Å². The van der Waals surface area contributed by atoms with E-state index in [2.05, 4.69) is 16.9 Å². The highest BCUT2D eigenvalue weighted by Gasteiger charge is 2.22. The number of amides is 1. The molecule has 1 aromatic carbocycles. The van der Waals surface area contributed by atoms with E-state index in [0.29, 0.717) is 18.2 Å². The molecule has 5 heteroatoms. The number of ether oxygens (including phenoxy) is 1. The number of fused-ring (bicyclic) bond motifs is 1. The summed E-state index contributed by atoms with van der Waals surface area (Å²) in [6.45, 7) is 4.18. The van der Waals surface area contributed by atoms with Crippen LogP contribution in [0.25, 0.3) is 10.8 Å². The summed E-state index contributed by atoms with van der Waals surface area (Å²) in [5, 5.41) is 2.05. The lowest BCUT2D eigenvalue weighted by Gasteiger charge is -2.30. The molecule has 1 aliphatic rings. The van der Waals surface area contributed by atoms with Crippen molar-refractivity contribution in [2.75, 3.05) is 13.1 Å². The number of rotatable bonds is 4. The zero-order valence-electron chi connectivity index (χ0n) is 15.5. The number of nitrogens with zero attached hydrogens (tertiary/aromatic N) is 3. The first-order valence-electron chi connectivity index (χ1n) is 9.41. The lowest BCUT2D eigenvalue weighted by Crippen LogP contribution is -2.38. The molecule has 5 nitrogen and oxygen atoms in total. The first kappa shape index (κ1) is 17.5. The molecule has 1 saturated heterocycles. The smallest absolute Gasteiger partial charge is 0.272 e. The Hall–Kier alpha value is -2.95. The van der Waals surface area contributed by atoms with Gasteiger partial charge in [-0.05, 0) is 43.0 Å². The molecule has 0 unspecified atom stereocenters. The van der Waals surface area contributed by atoms with Crippen LogP contribution >= 0.6 is 0 Å². The molecule has 0 radical (unpaired) electrons. The van der Waals surface area contributed by atoms with Gasteiger partial charge in [0.15, 0.2) is 0 Å². The topological polar surface area (TPSA) is 55.3 Å². The minimum absolute atomic E-state index is 0.0139. The van der Waals surface area contributed by atoms with E-state index >= 15 is 0 Å². The first-order valence-corrected chi connectivity index (χ1v) is 9.41. The van der Waals surface area contributed by atoms with Gasteiger partial charge >= 0.3 is 0 Å². The fraction of sp³-hybridized carbons (Fsp3) is 0.318. The third-order valence-electron chi connectivity index (χ3n) is 5.11. The van der Waals surface area contributed by atoms with Crippen molar-refractivity contribution in [1.82, 2.24) is 14.9 Å². The second-order valence-corrected chi connectivity index (χ2v) is 7.13. The van der Waals surface area contributed by atoms with Gasteiger partial charge in [0.05, 0.1) is 5.69 Å². The maximum Gasteiger partial charge on any atom is 0.272 e. The fourth-order valence-electron chi connectivity index (χ4n) is 3.42. The third-order valence-corrected chi connectivity index (χ3v) is 5.11. The monoisotopic (exact) mass is 361 g/mol. The van der Waals surface area contributed by atoms with Gasteiger partial charge in [0.1, 0.15) is 18.1 Å². The van der Waals surface area contributed by atoms with Crippen LogP contribution in [0.4, 0.5) is 0 Å². The summed E-state index contributed by atoms with van der Waals surface area (Å²) in [6.07, 6.45) is 5.69. The van der Waals surface area contributed by atoms with Crippen LogP contribution in [0.3, 0.4) is 0 Å². The van der Waals surface area contributed by atoms with E-state index in [1.54, 1.807) is 12.3 Å². The quantitative estimate of drug-likeness (QED) is 0.703. The highest BCUT2D eigenvalue weighted by Crippen LogP contribution is 2.25. The molecule has 0 bridgehead atoms. The molecule has 0 spiro atoms. The molecule has 0 N–H and O–H groups in total. The molecule has 0 aliphatic carbocycles. The van der Waals surface area contributed by atoms with Gasteiger partial charge in [0, 0.05) is 36.3 Å². The Labute approximate surface area is 159 Å². The van der Waals surface area contributed by atoms with Gasteiger partial charge < -0.3 is 9.64 Å². The number of benzene rings is 1. The molecule has 0 atom stereocenters. The Morgan fingerprint density at radius 2 is 1.96 bits per heavy atom. The number of carbonyl (C=O) groups is 1. The summed E-state index contributed by atoms with van der Waals surface area (Å²) in [6, 6.07) is 13.4. The number of aromatic nitrogens is 2. The van der Waals surface area contributed by atoms with Crippen molar-refractivity contribution >= 4 is 16.7 Å². The highest BCUT2D eigenvalue weighted by atomic mass is 16.5. The van der Waals surface area contributed by atoms with Crippen LogP contribution < -0.4 is 4.74 Å². The van der Waals surface area contributed by atoms with E-state index in [4.69, 9.17) is 4.74 Å². The molecule has 1 amide bonds. The van der Waals surface area contributed by atoms with Gasteiger partial charge in [0.25, 0.3) is 5.91 Å². The second kappa shape index (κ2) is 7.74. The van der Waals surface area contributed by atoms with E-state index < -0.39 is 0 Å². The third kappa shape index (κ3) is 3.92. The van der Waals surface area contributed by atoms with Gasteiger partial charge in [-0.25, -0.2) is 4.98 Å². The Morgan fingerprint density at radius 3 is 2.81 bits per heavy atom. The lowest BCUT2D eigenvalue weighted by atomic mass is 9.99. The van der Waals surface area contributed by atoms with Gasteiger partial charge in [-0.15, -0.1) is 0 Å². The molecule has 3 aromatic rings. The summed E-state index contributed by atoms with van der Waals surface area (Å²) in [4.78, 5) is 23.3. The number of piperidine rings is 1. The van der Waals surface area contributed by atoms with Crippen LogP contribution in [-0.2, 0) is 6.61 Å². The largest absolute Gasteiger partial charge is 0.487 e. The second-order valence-electron chi connectivity index (χ2n) is 7.13. The lowest BCUT2D eigenvalue weighted by molar-refractivity contribution is 0.0690. The average Bonchev–Trinajstić information content (AvgIpc) is 2.72. The van der Waals surface area contributed by atoms with Crippen molar-refractivity contribution in [3.8, 4) is 5.75 Å². The van der Waals surface area contributed by atoms with Crippen LogP contribution in [0.2, 0.25) is 0 Å². The minimum atomic E-state index is 0.0139. The molecule has 1 fully saturated rings. The number of hydrogen-bond donors (Lipinski definition) is 0.